The fraction of sp³-hybridized carbons (Fsp3) is 0.333. The highest BCUT2D eigenvalue weighted by atomic mass is 19.1. The quantitative estimate of drug-likeness (QED) is 0.821. The van der Waals surface area contributed by atoms with Gasteiger partial charge in [0.15, 0.2) is 0 Å². The van der Waals surface area contributed by atoms with E-state index in [2.05, 4.69) is 0 Å². The number of carbonyl (C=O) groups is 1. The van der Waals surface area contributed by atoms with Crippen LogP contribution in [0.4, 0.5) is 4.39 Å². The summed E-state index contributed by atoms with van der Waals surface area (Å²) < 4.78 is 13.6. The number of hydrogen-bond acceptors (Lipinski definition) is 2. The van der Waals surface area contributed by atoms with Gasteiger partial charge in [0, 0.05) is 12.6 Å². The third kappa shape index (κ3) is 4.24. The minimum Gasteiger partial charge on any atom is -0.335 e. The van der Waals surface area contributed by atoms with Gasteiger partial charge in [0.2, 0.25) is 5.91 Å². The second-order valence-electron chi connectivity index (χ2n) is 6.55. The molecule has 128 valence electrons. The van der Waals surface area contributed by atoms with Crippen molar-refractivity contribution < 1.29 is 9.18 Å². The maximum atomic E-state index is 13.6. The number of halogens is 1. The molecule has 0 saturated heterocycles. The Morgan fingerprint density at radius 2 is 1.84 bits per heavy atom. The molecule has 0 unspecified atom stereocenters. The Labute approximate surface area is 147 Å². The first-order valence-electron chi connectivity index (χ1n) is 8.69. The summed E-state index contributed by atoms with van der Waals surface area (Å²) in [5.41, 5.74) is 1.82. The normalized spacial score (nSPS) is 14.2. The van der Waals surface area contributed by atoms with Gasteiger partial charge >= 0.3 is 0 Å². The predicted octanol–water partition coefficient (Wildman–Crippen LogP) is 4.21. The Bertz CT molecular complexity index is 776. The highest BCUT2D eigenvalue weighted by Gasteiger charge is 2.27. The molecule has 25 heavy (non-hydrogen) atoms. The van der Waals surface area contributed by atoms with E-state index in [9.17, 15) is 9.18 Å². The largest absolute Gasteiger partial charge is 0.335 e. The van der Waals surface area contributed by atoms with Crippen LogP contribution in [0, 0.1) is 17.1 Å². The zero-order valence-electron chi connectivity index (χ0n) is 14.1. The summed E-state index contributed by atoms with van der Waals surface area (Å²) in [6.45, 7) is 0.422. The minimum atomic E-state index is -0.519. The maximum Gasteiger partial charge on any atom is 0.227 e. The first kappa shape index (κ1) is 17.2. The molecule has 1 saturated carbocycles. The molecule has 0 aliphatic heterocycles. The molecule has 1 aliphatic carbocycles. The van der Waals surface area contributed by atoms with Crippen molar-refractivity contribution in [3.05, 3.63) is 71.0 Å². The lowest BCUT2D eigenvalue weighted by Gasteiger charge is -2.29. The molecule has 4 heteroatoms. The van der Waals surface area contributed by atoms with Crippen LogP contribution >= 0.6 is 0 Å². The summed E-state index contributed by atoms with van der Waals surface area (Å²) in [4.78, 5) is 14.8. The number of benzene rings is 2. The number of nitrogens with zero attached hydrogens (tertiary/aromatic N) is 2. The molecule has 0 radical (unpaired) electrons. The zero-order chi connectivity index (χ0) is 17.6. The highest BCUT2D eigenvalue weighted by molar-refractivity contribution is 5.79. The van der Waals surface area contributed by atoms with Crippen LogP contribution in [0.3, 0.4) is 0 Å². The fourth-order valence-corrected chi connectivity index (χ4v) is 3.46. The van der Waals surface area contributed by atoms with Gasteiger partial charge in [-0.1, -0.05) is 49.2 Å². The molecule has 2 aromatic rings. The lowest BCUT2D eigenvalue weighted by Crippen LogP contribution is -2.39. The van der Waals surface area contributed by atoms with Gasteiger partial charge in [0.05, 0.1) is 12.0 Å². The summed E-state index contributed by atoms with van der Waals surface area (Å²) in [5, 5.41) is 9.02. The lowest BCUT2D eigenvalue weighted by molar-refractivity contribution is -0.133. The molecule has 0 spiro atoms. The molecule has 0 bridgehead atoms. The van der Waals surface area contributed by atoms with Crippen LogP contribution in [0.2, 0.25) is 0 Å². The molecule has 3 rings (SSSR count). The number of nitriles is 1. The molecular weight excluding hydrogens is 315 g/mol. The lowest BCUT2D eigenvalue weighted by atomic mass is 10.1. The Hall–Kier alpha value is -2.67. The predicted molar refractivity (Wildman–Crippen MR) is 94.1 cm³/mol. The Morgan fingerprint density at radius 1 is 1.12 bits per heavy atom. The van der Waals surface area contributed by atoms with E-state index in [1.54, 1.807) is 12.1 Å². The van der Waals surface area contributed by atoms with E-state index in [0.29, 0.717) is 13.0 Å². The molecule has 1 amide bonds. The summed E-state index contributed by atoms with van der Waals surface area (Å²) >= 11 is 0. The van der Waals surface area contributed by atoms with Crippen molar-refractivity contribution in [2.75, 3.05) is 0 Å². The van der Waals surface area contributed by atoms with Crippen molar-refractivity contribution in [2.45, 2.75) is 44.7 Å². The van der Waals surface area contributed by atoms with Crippen molar-refractivity contribution in [1.29, 1.82) is 5.26 Å². The van der Waals surface area contributed by atoms with Gasteiger partial charge in [0.25, 0.3) is 0 Å². The van der Waals surface area contributed by atoms with E-state index in [-0.39, 0.29) is 17.5 Å². The number of hydrogen-bond donors (Lipinski definition) is 0. The van der Waals surface area contributed by atoms with Crippen molar-refractivity contribution in [1.82, 2.24) is 4.90 Å². The van der Waals surface area contributed by atoms with E-state index < -0.39 is 5.82 Å². The molecule has 0 aromatic heterocycles. The van der Waals surface area contributed by atoms with E-state index in [4.69, 9.17) is 5.26 Å². The Balaban J connectivity index is 1.80. The molecule has 0 heterocycles. The van der Waals surface area contributed by atoms with Crippen LogP contribution in [-0.4, -0.2) is 16.8 Å². The molecule has 2 aromatic carbocycles. The molecule has 3 nitrogen and oxygen atoms in total. The number of carbonyl (C=O) groups excluding carboxylic acids is 1. The molecule has 1 fully saturated rings. The molecule has 0 atom stereocenters. The van der Waals surface area contributed by atoms with Gasteiger partial charge in [-0.25, -0.2) is 4.39 Å². The third-order valence-electron chi connectivity index (χ3n) is 4.79. The highest BCUT2D eigenvalue weighted by Crippen LogP contribution is 2.26. The molecule has 1 aliphatic rings. The van der Waals surface area contributed by atoms with Crippen LogP contribution in [-0.2, 0) is 17.8 Å². The molecular formula is C21H21FN2O. The first-order chi connectivity index (χ1) is 12.2. The van der Waals surface area contributed by atoms with Crippen molar-refractivity contribution in [2.24, 2.45) is 0 Å². The smallest absolute Gasteiger partial charge is 0.227 e. The van der Waals surface area contributed by atoms with Gasteiger partial charge < -0.3 is 4.90 Å². The standard InChI is InChI=1S/C21H21FN2O/c22-20-11-10-17(12-18(20)14-23)15-24(19-8-4-5-9-19)21(25)13-16-6-2-1-3-7-16/h1-3,6-7,10-12,19H,4-5,8-9,13,15H2. The zero-order valence-corrected chi connectivity index (χ0v) is 14.1. The van der Waals surface area contributed by atoms with Crippen molar-refractivity contribution in [3.8, 4) is 6.07 Å². The second-order valence-corrected chi connectivity index (χ2v) is 6.55. The summed E-state index contributed by atoms with van der Waals surface area (Å²) in [6, 6.07) is 16.3. The van der Waals surface area contributed by atoms with E-state index in [1.807, 2.05) is 41.3 Å². The van der Waals surface area contributed by atoms with Crippen LogP contribution in [0.15, 0.2) is 48.5 Å². The first-order valence-corrected chi connectivity index (χ1v) is 8.69. The topological polar surface area (TPSA) is 44.1 Å². The van der Waals surface area contributed by atoms with Crippen LogP contribution < -0.4 is 0 Å². The average molecular weight is 336 g/mol. The van der Waals surface area contributed by atoms with Gasteiger partial charge in [-0.3, -0.25) is 4.79 Å². The summed E-state index contributed by atoms with van der Waals surface area (Å²) in [5.74, 6) is -0.435. The van der Waals surface area contributed by atoms with Crippen LogP contribution in [0.1, 0.15) is 42.4 Å². The maximum absolute atomic E-state index is 13.6. The Morgan fingerprint density at radius 3 is 2.52 bits per heavy atom. The SMILES string of the molecule is N#Cc1cc(CN(C(=O)Cc2ccccc2)C2CCCC2)ccc1F. The van der Waals surface area contributed by atoms with E-state index in [1.165, 1.54) is 6.07 Å². The second kappa shape index (κ2) is 7.94. The van der Waals surface area contributed by atoms with Crippen LogP contribution in [0.5, 0.6) is 0 Å². The third-order valence-corrected chi connectivity index (χ3v) is 4.79. The molecule has 0 N–H and O–H groups in total. The monoisotopic (exact) mass is 336 g/mol. The average Bonchev–Trinajstić information content (AvgIpc) is 3.16. The summed E-state index contributed by atoms with van der Waals surface area (Å²) in [7, 11) is 0. The summed E-state index contributed by atoms with van der Waals surface area (Å²) in [6.07, 6.45) is 4.64. The van der Waals surface area contributed by atoms with Crippen molar-refractivity contribution in [3.63, 3.8) is 0 Å². The fourth-order valence-electron chi connectivity index (χ4n) is 3.46. The number of rotatable bonds is 5. The van der Waals surface area contributed by atoms with E-state index in [0.717, 1.165) is 36.8 Å². The van der Waals surface area contributed by atoms with Crippen molar-refractivity contribution >= 4 is 5.91 Å². The van der Waals surface area contributed by atoms with Gasteiger partial charge in [-0.05, 0) is 36.1 Å². The van der Waals surface area contributed by atoms with Gasteiger partial charge in [-0.15, -0.1) is 0 Å². The van der Waals surface area contributed by atoms with Crippen LogP contribution in [0.25, 0.3) is 0 Å². The minimum absolute atomic E-state index is 0.0272. The van der Waals surface area contributed by atoms with Gasteiger partial charge in [-0.2, -0.15) is 5.26 Å². The Kier molecular flexibility index (Phi) is 5.45. The van der Waals surface area contributed by atoms with E-state index >= 15 is 0 Å². The van der Waals surface area contributed by atoms with Gasteiger partial charge in [0.1, 0.15) is 11.9 Å². The number of amides is 1.